The number of nitrogens with one attached hydrogen (secondary N) is 1. The van der Waals surface area contributed by atoms with Crippen molar-refractivity contribution in [2.75, 3.05) is 0 Å². The van der Waals surface area contributed by atoms with Gasteiger partial charge in [-0.25, -0.2) is 8.78 Å². The molecule has 2 aromatic rings. The van der Waals surface area contributed by atoms with Crippen molar-refractivity contribution in [1.29, 1.82) is 0 Å². The summed E-state index contributed by atoms with van der Waals surface area (Å²) < 4.78 is 26.4. The van der Waals surface area contributed by atoms with E-state index in [-0.39, 0.29) is 23.7 Å². The summed E-state index contributed by atoms with van der Waals surface area (Å²) in [6.45, 7) is 3.80. The standard InChI is InChI=1S/C15H16F2N2/c1-10(13-5-3-4-6-14(13)17)19-11(2)15-8-7-12(16)9-18-15/h3-11,19H,1-2H3/t10-,11?/m1/s1. The summed E-state index contributed by atoms with van der Waals surface area (Å²) in [5, 5.41) is 3.25. The molecule has 2 nitrogen and oxygen atoms in total. The Bertz CT molecular complexity index is 540. The molecule has 1 N–H and O–H groups in total. The van der Waals surface area contributed by atoms with Crippen molar-refractivity contribution in [2.45, 2.75) is 25.9 Å². The quantitative estimate of drug-likeness (QED) is 0.907. The number of benzene rings is 1. The number of pyridine rings is 1. The molecule has 0 aliphatic rings. The van der Waals surface area contributed by atoms with Crippen LogP contribution in [0.1, 0.15) is 37.2 Å². The summed E-state index contributed by atoms with van der Waals surface area (Å²) in [5.74, 6) is -0.597. The van der Waals surface area contributed by atoms with Crippen molar-refractivity contribution < 1.29 is 8.78 Å². The van der Waals surface area contributed by atoms with Crippen LogP contribution in [-0.2, 0) is 0 Å². The summed E-state index contributed by atoms with van der Waals surface area (Å²) in [5.41, 5.74) is 1.33. The second-order valence-corrected chi connectivity index (χ2v) is 4.53. The van der Waals surface area contributed by atoms with Crippen molar-refractivity contribution >= 4 is 0 Å². The minimum Gasteiger partial charge on any atom is -0.302 e. The number of aromatic nitrogens is 1. The van der Waals surface area contributed by atoms with Crippen LogP contribution in [0.2, 0.25) is 0 Å². The number of hydrogen-bond donors (Lipinski definition) is 1. The number of rotatable bonds is 4. The molecule has 0 saturated carbocycles. The maximum absolute atomic E-state index is 13.6. The first-order valence-corrected chi connectivity index (χ1v) is 6.20. The molecule has 4 heteroatoms. The SMILES string of the molecule is CC(N[C@H](C)c1ccccc1F)c1ccc(F)cn1. The molecule has 2 rings (SSSR count). The van der Waals surface area contributed by atoms with E-state index in [2.05, 4.69) is 10.3 Å². The van der Waals surface area contributed by atoms with Crippen LogP contribution >= 0.6 is 0 Å². The molecule has 0 radical (unpaired) electrons. The maximum Gasteiger partial charge on any atom is 0.141 e. The van der Waals surface area contributed by atoms with E-state index < -0.39 is 0 Å². The first-order valence-electron chi connectivity index (χ1n) is 6.20. The highest BCUT2D eigenvalue weighted by Crippen LogP contribution is 2.20. The molecule has 1 unspecified atom stereocenters. The molecule has 100 valence electrons. The monoisotopic (exact) mass is 262 g/mol. The average Bonchev–Trinajstić information content (AvgIpc) is 2.39. The van der Waals surface area contributed by atoms with Gasteiger partial charge < -0.3 is 5.32 Å². The smallest absolute Gasteiger partial charge is 0.141 e. The molecule has 0 saturated heterocycles. The highest BCUT2D eigenvalue weighted by atomic mass is 19.1. The summed E-state index contributed by atoms with van der Waals surface area (Å²) >= 11 is 0. The van der Waals surface area contributed by atoms with Gasteiger partial charge >= 0.3 is 0 Å². The lowest BCUT2D eigenvalue weighted by Gasteiger charge is -2.20. The van der Waals surface area contributed by atoms with Gasteiger partial charge in [-0.3, -0.25) is 4.98 Å². The molecular formula is C15H16F2N2. The predicted octanol–water partition coefficient (Wildman–Crippen LogP) is 3.77. The topological polar surface area (TPSA) is 24.9 Å². The van der Waals surface area contributed by atoms with E-state index in [1.54, 1.807) is 24.3 Å². The Balaban J connectivity index is 2.08. The minimum absolute atomic E-state index is 0.0878. The Kier molecular flexibility index (Phi) is 4.22. The van der Waals surface area contributed by atoms with Crippen LogP contribution in [-0.4, -0.2) is 4.98 Å². The van der Waals surface area contributed by atoms with Crippen molar-refractivity contribution in [3.8, 4) is 0 Å². The van der Waals surface area contributed by atoms with E-state index in [1.807, 2.05) is 13.8 Å². The summed E-state index contributed by atoms with van der Waals surface area (Å²) in [7, 11) is 0. The Morgan fingerprint density at radius 3 is 2.37 bits per heavy atom. The van der Waals surface area contributed by atoms with Crippen molar-refractivity contribution in [2.24, 2.45) is 0 Å². The molecule has 1 heterocycles. The number of nitrogens with zero attached hydrogens (tertiary/aromatic N) is 1. The molecular weight excluding hydrogens is 246 g/mol. The fourth-order valence-electron chi connectivity index (χ4n) is 2.02. The van der Waals surface area contributed by atoms with Crippen molar-refractivity contribution in [3.63, 3.8) is 0 Å². The van der Waals surface area contributed by atoms with Crippen LogP contribution in [0, 0.1) is 11.6 Å². The highest BCUT2D eigenvalue weighted by molar-refractivity contribution is 5.21. The lowest BCUT2D eigenvalue weighted by atomic mass is 10.1. The molecule has 19 heavy (non-hydrogen) atoms. The van der Waals surface area contributed by atoms with Gasteiger partial charge in [-0.15, -0.1) is 0 Å². The average molecular weight is 262 g/mol. The molecule has 0 aliphatic heterocycles. The molecule has 0 spiro atoms. The zero-order chi connectivity index (χ0) is 13.8. The van der Waals surface area contributed by atoms with Gasteiger partial charge in [0.1, 0.15) is 11.6 Å². The first-order chi connectivity index (χ1) is 9.08. The Morgan fingerprint density at radius 1 is 1.00 bits per heavy atom. The van der Waals surface area contributed by atoms with Crippen LogP contribution in [0.15, 0.2) is 42.6 Å². The summed E-state index contributed by atoms with van der Waals surface area (Å²) in [6.07, 6.45) is 1.18. The molecule has 0 bridgehead atoms. The lowest BCUT2D eigenvalue weighted by Crippen LogP contribution is -2.23. The van der Waals surface area contributed by atoms with Gasteiger partial charge in [0.25, 0.3) is 0 Å². The van der Waals surface area contributed by atoms with Gasteiger partial charge in [-0.05, 0) is 32.0 Å². The lowest BCUT2D eigenvalue weighted by molar-refractivity contribution is 0.466. The van der Waals surface area contributed by atoms with Crippen LogP contribution in [0.4, 0.5) is 8.78 Å². The van der Waals surface area contributed by atoms with Gasteiger partial charge in [-0.2, -0.15) is 0 Å². The number of halogens is 2. The highest BCUT2D eigenvalue weighted by Gasteiger charge is 2.14. The van der Waals surface area contributed by atoms with Crippen molar-refractivity contribution in [3.05, 3.63) is 65.5 Å². The molecule has 2 atom stereocenters. The molecule has 0 amide bonds. The third-order valence-electron chi connectivity index (χ3n) is 3.07. The molecule has 1 aromatic carbocycles. The third kappa shape index (κ3) is 3.35. The molecule has 0 aliphatic carbocycles. The largest absolute Gasteiger partial charge is 0.302 e. The predicted molar refractivity (Wildman–Crippen MR) is 70.6 cm³/mol. The van der Waals surface area contributed by atoms with Crippen LogP contribution < -0.4 is 5.32 Å². The normalized spacial score (nSPS) is 14.1. The summed E-state index contributed by atoms with van der Waals surface area (Å²) in [6, 6.07) is 9.41. The van der Waals surface area contributed by atoms with E-state index in [1.165, 1.54) is 18.3 Å². The van der Waals surface area contributed by atoms with Gasteiger partial charge in [0, 0.05) is 17.6 Å². The van der Waals surface area contributed by atoms with E-state index in [0.29, 0.717) is 5.56 Å². The fraction of sp³-hybridized carbons (Fsp3) is 0.267. The second kappa shape index (κ2) is 5.89. The van der Waals surface area contributed by atoms with E-state index in [9.17, 15) is 8.78 Å². The molecule has 0 fully saturated rings. The Morgan fingerprint density at radius 2 is 1.74 bits per heavy atom. The summed E-state index contributed by atoms with van der Waals surface area (Å²) in [4.78, 5) is 4.02. The van der Waals surface area contributed by atoms with Crippen molar-refractivity contribution in [1.82, 2.24) is 10.3 Å². The Hall–Kier alpha value is -1.81. The van der Waals surface area contributed by atoms with E-state index >= 15 is 0 Å². The number of hydrogen-bond acceptors (Lipinski definition) is 2. The van der Waals surface area contributed by atoms with Gasteiger partial charge in [0.2, 0.25) is 0 Å². The third-order valence-corrected chi connectivity index (χ3v) is 3.07. The molecule has 1 aromatic heterocycles. The van der Waals surface area contributed by atoms with E-state index in [0.717, 1.165) is 5.69 Å². The first kappa shape index (κ1) is 13.6. The second-order valence-electron chi connectivity index (χ2n) is 4.53. The minimum atomic E-state index is -0.363. The van der Waals surface area contributed by atoms with Crippen LogP contribution in [0.3, 0.4) is 0 Å². The van der Waals surface area contributed by atoms with Crippen LogP contribution in [0.25, 0.3) is 0 Å². The zero-order valence-corrected chi connectivity index (χ0v) is 10.9. The Labute approximate surface area is 111 Å². The zero-order valence-electron chi connectivity index (χ0n) is 10.9. The van der Waals surface area contributed by atoms with Crippen LogP contribution in [0.5, 0.6) is 0 Å². The van der Waals surface area contributed by atoms with Gasteiger partial charge in [0.05, 0.1) is 11.9 Å². The van der Waals surface area contributed by atoms with Gasteiger partial charge in [-0.1, -0.05) is 18.2 Å². The van der Waals surface area contributed by atoms with Gasteiger partial charge in [0.15, 0.2) is 0 Å². The maximum atomic E-state index is 13.6. The fourth-order valence-corrected chi connectivity index (χ4v) is 2.02. The van der Waals surface area contributed by atoms with E-state index in [4.69, 9.17) is 0 Å².